The van der Waals surface area contributed by atoms with Crippen LogP contribution < -0.4 is 5.32 Å². The van der Waals surface area contributed by atoms with E-state index in [4.69, 9.17) is 5.26 Å². The normalized spacial score (nSPS) is 9.71. The first-order valence-corrected chi connectivity index (χ1v) is 5.08. The fourth-order valence-corrected chi connectivity index (χ4v) is 1.52. The lowest BCUT2D eigenvalue weighted by atomic mass is 10.1. The van der Waals surface area contributed by atoms with Gasteiger partial charge in [-0.2, -0.15) is 5.26 Å². The molecule has 0 radical (unpaired) electrons. The Balaban J connectivity index is 2.37. The third-order valence-electron chi connectivity index (χ3n) is 2.28. The summed E-state index contributed by atoms with van der Waals surface area (Å²) in [5, 5.41) is 11.9. The lowest BCUT2D eigenvalue weighted by molar-refractivity contribution is 0.624. The van der Waals surface area contributed by atoms with Crippen molar-refractivity contribution in [1.82, 2.24) is 4.98 Å². The number of aryl methyl sites for hydroxylation is 1. The van der Waals surface area contributed by atoms with Gasteiger partial charge in [0, 0.05) is 6.20 Å². The summed E-state index contributed by atoms with van der Waals surface area (Å²) in [7, 11) is 0. The summed E-state index contributed by atoms with van der Waals surface area (Å²) < 4.78 is 13.4. The minimum Gasteiger partial charge on any atom is -0.353 e. The average molecular weight is 227 g/mol. The van der Waals surface area contributed by atoms with Crippen LogP contribution in [0.4, 0.5) is 15.8 Å². The van der Waals surface area contributed by atoms with Crippen LogP contribution >= 0.6 is 0 Å². The minimum atomic E-state index is -0.530. The van der Waals surface area contributed by atoms with Crippen LogP contribution in [0.2, 0.25) is 0 Å². The molecule has 0 fully saturated rings. The molecule has 1 aromatic carbocycles. The summed E-state index contributed by atoms with van der Waals surface area (Å²) in [5.41, 5.74) is 2.17. The topological polar surface area (TPSA) is 48.7 Å². The third-order valence-corrected chi connectivity index (χ3v) is 2.28. The molecule has 1 heterocycles. The predicted molar refractivity (Wildman–Crippen MR) is 63.4 cm³/mol. The van der Waals surface area contributed by atoms with Crippen molar-refractivity contribution < 1.29 is 4.39 Å². The zero-order valence-corrected chi connectivity index (χ0v) is 9.24. The van der Waals surface area contributed by atoms with Crippen LogP contribution in [0.3, 0.4) is 0 Å². The monoisotopic (exact) mass is 227 g/mol. The standard InChI is InChI=1S/C13H10FN3/c1-9-5-10(8-16-7-9)17-13-4-2-3-12(14)11(13)6-15/h2-5,7-8,17H,1H3. The van der Waals surface area contributed by atoms with E-state index in [9.17, 15) is 4.39 Å². The second-order valence-electron chi connectivity index (χ2n) is 3.65. The van der Waals surface area contributed by atoms with Crippen LogP contribution in [0.15, 0.2) is 36.7 Å². The predicted octanol–water partition coefficient (Wildman–Crippen LogP) is 3.14. The van der Waals surface area contributed by atoms with Crippen molar-refractivity contribution in [3.8, 4) is 6.07 Å². The summed E-state index contributed by atoms with van der Waals surface area (Å²) in [6, 6.07) is 8.19. The van der Waals surface area contributed by atoms with Gasteiger partial charge in [0.25, 0.3) is 0 Å². The lowest BCUT2D eigenvalue weighted by Gasteiger charge is -2.08. The number of halogens is 1. The molecule has 0 spiro atoms. The molecule has 0 unspecified atom stereocenters. The Labute approximate surface area is 98.5 Å². The van der Waals surface area contributed by atoms with E-state index >= 15 is 0 Å². The van der Waals surface area contributed by atoms with Gasteiger partial charge < -0.3 is 5.32 Å². The maximum Gasteiger partial charge on any atom is 0.143 e. The first-order valence-electron chi connectivity index (χ1n) is 5.08. The van der Waals surface area contributed by atoms with Crippen molar-refractivity contribution >= 4 is 11.4 Å². The molecule has 0 atom stereocenters. The fraction of sp³-hybridized carbons (Fsp3) is 0.0769. The number of pyridine rings is 1. The molecule has 2 aromatic rings. The largest absolute Gasteiger partial charge is 0.353 e. The Kier molecular flexibility index (Phi) is 3.01. The average Bonchev–Trinajstić information content (AvgIpc) is 2.29. The highest BCUT2D eigenvalue weighted by atomic mass is 19.1. The van der Waals surface area contributed by atoms with Crippen molar-refractivity contribution in [2.45, 2.75) is 6.92 Å². The highest BCUT2D eigenvalue weighted by Crippen LogP contribution is 2.22. The number of hydrogen-bond donors (Lipinski definition) is 1. The number of nitrogens with one attached hydrogen (secondary N) is 1. The SMILES string of the molecule is Cc1cncc(Nc2cccc(F)c2C#N)c1. The van der Waals surface area contributed by atoms with Crippen molar-refractivity contribution in [2.75, 3.05) is 5.32 Å². The summed E-state index contributed by atoms with van der Waals surface area (Å²) in [6.45, 7) is 1.91. The van der Waals surface area contributed by atoms with E-state index in [-0.39, 0.29) is 5.56 Å². The number of rotatable bonds is 2. The van der Waals surface area contributed by atoms with Gasteiger partial charge in [0.2, 0.25) is 0 Å². The summed E-state index contributed by atoms with van der Waals surface area (Å²) in [5.74, 6) is -0.530. The van der Waals surface area contributed by atoms with Crippen LogP contribution in [-0.4, -0.2) is 4.98 Å². The molecule has 84 valence electrons. The van der Waals surface area contributed by atoms with Gasteiger partial charge in [0.15, 0.2) is 0 Å². The van der Waals surface area contributed by atoms with Crippen LogP contribution in [0.1, 0.15) is 11.1 Å². The molecule has 17 heavy (non-hydrogen) atoms. The summed E-state index contributed by atoms with van der Waals surface area (Å²) >= 11 is 0. The zero-order chi connectivity index (χ0) is 12.3. The van der Waals surface area contributed by atoms with Gasteiger partial charge >= 0.3 is 0 Å². The first kappa shape index (κ1) is 11.1. The summed E-state index contributed by atoms with van der Waals surface area (Å²) in [4.78, 5) is 4.02. The molecule has 4 heteroatoms. The van der Waals surface area contributed by atoms with Gasteiger partial charge in [-0.15, -0.1) is 0 Å². The molecule has 0 bridgehead atoms. The molecular formula is C13H10FN3. The van der Waals surface area contributed by atoms with E-state index in [1.54, 1.807) is 24.5 Å². The fourth-order valence-electron chi connectivity index (χ4n) is 1.52. The third kappa shape index (κ3) is 2.40. The smallest absolute Gasteiger partial charge is 0.143 e. The Morgan fingerprint density at radius 1 is 1.35 bits per heavy atom. The van der Waals surface area contributed by atoms with Crippen LogP contribution in [0, 0.1) is 24.1 Å². The molecule has 1 N–H and O–H groups in total. The molecular weight excluding hydrogens is 217 g/mol. The summed E-state index contributed by atoms with van der Waals surface area (Å²) in [6.07, 6.45) is 3.35. The van der Waals surface area contributed by atoms with Gasteiger partial charge in [0.05, 0.1) is 17.6 Å². The van der Waals surface area contributed by atoms with Gasteiger partial charge in [-0.25, -0.2) is 4.39 Å². The van der Waals surface area contributed by atoms with Crippen LogP contribution in [-0.2, 0) is 0 Å². The Morgan fingerprint density at radius 3 is 2.88 bits per heavy atom. The Hall–Kier alpha value is -2.41. The van der Waals surface area contributed by atoms with E-state index in [0.29, 0.717) is 5.69 Å². The van der Waals surface area contributed by atoms with E-state index in [0.717, 1.165) is 11.3 Å². The van der Waals surface area contributed by atoms with E-state index in [2.05, 4.69) is 10.3 Å². The van der Waals surface area contributed by atoms with Gasteiger partial charge in [-0.1, -0.05) is 6.07 Å². The maximum absolute atomic E-state index is 13.4. The maximum atomic E-state index is 13.4. The minimum absolute atomic E-state index is 0.00834. The highest BCUT2D eigenvalue weighted by Gasteiger charge is 2.07. The van der Waals surface area contributed by atoms with Crippen LogP contribution in [0.5, 0.6) is 0 Å². The van der Waals surface area contributed by atoms with E-state index < -0.39 is 5.82 Å². The second kappa shape index (κ2) is 4.62. The molecule has 0 saturated heterocycles. The quantitative estimate of drug-likeness (QED) is 0.857. The molecule has 0 aliphatic rings. The molecule has 0 amide bonds. The lowest BCUT2D eigenvalue weighted by Crippen LogP contribution is -1.96. The highest BCUT2D eigenvalue weighted by molar-refractivity contribution is 5.66. The second-order valence-corrected chi connectivity index (χ2v) is 3.65. The number of aromatic nitrogens is 1. The van der Waals surface area contributed by atoms with Crippen molar-refractivity contribution in [3.05, 3.63) is 53.6 Å². The Bertz CT molecular complexity index is 587. The zero-order valence-electron chi connectivity index (χ0n) is 9.24. The molecule has 3 nitrogen and oxygen atoms in total. The number of benzene rings is 1. The van der Waals surface area contributed by atoms with Crippen molar-refractivity contribution in [1.29, 1.82) is 5.26 Å². The number of anilines is 2. The van der Waals surface area contributed by atoms with Crippen molar-refractivity contribution in [2.24, 2.45) is 0 Å². The number of hydrogen-bond acceptors (Lipinski definition) is 3. The van der Waals surface area contributed by atoms with E-state index in [1.807, 2.05) is 19.1 Å². The van der Waals surface area contributed by atoms with Crippen molar-refractivity contribution in [3.63, 3.8) is 0 Å². The van der Waals surface area contributed by atoms with Gasteiger partial charge in [0.1, 0.15) is 17.4 Å². The Morgan fingerprint density at radius 2 is 2.18 bits per heavy atom. The molecule has 0 saturated carbocycles. The van der Waals surface area contributed by atoms with Gasteiger partial charge in [-0.3, -0.25) is 4.98 Å². The van der Waals surface area contributed by atoms with E-state index in [1.165, 1.54) is 6.07 Å². The van der Waals surface area contributed by atoms with Gasteiger partial charge in [-0.05, 0) is 30.7 Å². The molecule has 0 aliphatic carbocycles. The first-order chi connectivity index (χ1) is 8.20. The number of nitriles is 1. The molecule has 1 aromatic heterocycles. The number of nitrogens with zero attached hydrogens (tertiary/aromatic N) is 2. The van der Waals surface area contributed by atoms with Crippen LogP contribution in [0.25, 0.3) is 0 Å². The molecule has 0 aliphatic heterocycles. The molecule has 2 rings (SSSR count).